The topological polar surface area (TPSA) is 52.0 Å². The molecule has 0 saturated carbocycles. The number of hydrogen-bond acceptors (Lipinski definition) is 4. The summed E-state index contributed by atoms with van der Waals surface area (Å²) < 4.78 is 7.67. The van der Waals surface area contributed by atoms with Gasteiger partial charge in [0.25, 0.3) is 0 Å². The summed E-state index contributed by atoms with van der Waals surface area (Å²) in [6, 6.07) is 0.362. The van der Waals surface area contributed by atoms with Gasteiger partial charge >= 0.3 is 0 Å². The zero-order valence-electron chi connectivity index (χ0n) is 12.4. The van der Waals surface area contributed by atoms with Crippen LogP contribution in [0.15, 0.2) is 6.33 Å². The molecule has 0 amide bonds. The second-order valence-corrected chi connectivity index (χ2v) is 5.87. The summed E-state index contributed by atoms with van der Waals surface area (Å²) in [5, 5.41) is 7.87. The molecular formula is C14H26N4O. The molecule has 0 spiro atoms. The van der Waals surface area contributed by atoms with Gasteiger partial charge in [-0.25, -0.2) is 9.67 Å². The van der Waals surface area contributed by atoms with Crippen molar-refractivity contribution in [3.63, 3.8) is 0 Å². The second-order valence-electron chi connectivity index (χ2n) is 5.87. The van der Waals surface area contributed by atoms with E-state index < -0.39 is 0 Å². The maximum atomic E-state index is 5.64. The van der Waals surface area contributed by atoms with Crippen LogP contribution in [0.25, 0.3) is 0 Å². The van der Waals surface area contributed by atoms with Crippen LogP contribution in [0.5, 0.6) is 0 Å². The number of hydrogen-bond donors (Lipinski definition) is 1. The van der Waals surface area contributed by atoms with Crippen molar-refractivity contribution in [3.8, 4) is 0 Å². The maximum Gasteiger partial charge on any atom is 0.138 e. The molecule has 19 heavy (non-hydrogen) atoms. The zero-order chi connectivity index (χ0) is 13.7. The molecule has 1 aromatic heterocycles. The van der Waals surface area contributed by atoms with E-state index in [4.69, 9.17) is 4.74 Å². The minimum atomic E-state index is 0.189. The van der Waals surface area contributed by atoms with Gasteiger partial charge in [-0.1, -0.05) is 6.92 Å². The lowest BCUT2D eigenvalue weighted by molar-refractivity contribution is 0.147. The van der Waals surface area contributed by atoms with Crippen molar-refractivity contribution in [3.05, 3.63) is 12.2 Å². The Hall–Kier alpha value is -0.940. The number of nitrogens with one attached hydrogen (secondary N) is 1. The lowest BCUT2D eigenvalue weighted by atomic mass is 9.83. The van der Waals surface area contributed by atoms with E-state index in [9.17, 15) is 0 Å². The molecule has 5 nitrogen and oxygen atoms in total. The molecular weight excluding hydrogens is 240 g/mol. The molecule has 1 fully saturated rings. The highest BCUT2D eigenvalue weighted by atomic mass is 16.5. The molecule has 2 rings (SSSR count). The summed E-state index contributed by atoms with van der Waals surface area (Å²) in [6.45, 7) is 10.2. The average Bonchev–Trinajstić information content (AvgIpc) is 3.00. The molecule has 1 aliphatic heterocycles. The monoisotopic (exact) mass is 266 g/mol. The van der Waals surface area contributed by atoms with Crippen molar-refractivity contribution in [2.24, 2.45) is 5.41 Å². The number of rotatable bonds is 7. The minimum absolute atomic E-state index is 0.189. The second kappa shape index (κ2) is 6.48. The van der Waals surface area contributed by atoms with Crippen LogP contribution < -0.4 is 5.32 Å². The van der Waals surface area contributed by atoms with Crippen molar-refractivity contribution in [1.82, 2.24) is 20.1 Å². The van der Waals surface area contributed by atoms with Crippen LogP contribution in [-0.4, -0.2) is 41.1 Å². The molecule has 1 saturated heterocycles. The first-order valence-electron chi connectivity index (χ1n) is 7.34. The van der Waals surface area contributed by atoms with Crippen molar-refractivity contribution in [1.29, 1.82) is 0 Å². The van der Waals surface area contributed by atoms with Crippen molar-refractivity contribution >= 4 is 0 Å². The smallest absolute Gasteiger partial charge is 0.138 e. The third-order valence-electron chi connectivity index (χ3n) is 3.78. The average molecular weight is 266 g/mol. The van der Waals surface area contributed by atoms with Crippen LogP contribution in [0.2, 0.25) is 0 Å². The predicted octanol–water partition coefficient (Wildman–Crippen LogP) is 1.81. The van der Waals surface area contributed by atoms with Crippen molar-refractivity contribution < 1.29 is 4.74 Å². The molecule has 0 bridgehead atoms. The largest absolute Gasteiger partial charge is 0.381 e. The third-order valence-corrected chi connectivity index (χ3v) is 3.78. The highest BCUT2D eigenvalue weighted by Gasteiger charge is 2.36. The molecule has 1 N–H and O–H groups in total. The fraction of sp³-hybridized carbons (Fsp3) is 0.857. The lowest BCUT2D eigenvalue weighted by Crippen LogP contribution is -2.38. The van der Waals surface area contributed by atoms with Gasteiger partial charge in [-0.3, -0.25) is 0 Å². The summed E-state index contributed by atoms with van der Waals surface area (Å²) in [7, 11) is 0. The number of ether oxygens (including phenoxy) is 1. The van der Waals surface area contributed by atoms with Gasteiger partial charge in [0, 0.05) is 31.0 Å². The fourth-order valence-electron chi connectivity index (χ4n) is 2.69. The number of nitrogens with zero attached hydrogens (tertiary/aromatic N) is 3. The predicted molar refractivity (Wildman–Crippen MR) is 75.1 cm³/mol. The Morgan fingerprint density at radius 3 is 3.00 bits per heavy atom. The quantitative estimate of drug-likeness (QED) is 0.765. The highest BCUT2D eigenvalue weighted by Crippen LogP contribution is 2.32. The zero-order valence-corrected chi connectivity index (χ0v) is 12.4. The van der Waals surface area contributed by atoms with Gasteiger partial charge in [0.05, 0.1) is 6.61 Å². The van der Waals surface area contributed by atoms with Crippen LogP contribution in [0.1, 0.15) is 45.5 Å². The Labute approximate surface area is 115 Å². The van der Waals surface area contributed by atoms with E-state index >= 15 is 0 Å². The van der Waals surface area contributed by atoms with E-state index in [1.54, 1.807) is 6.33 Å². The minimum Gasteiger partial charge on any atom is -0.381 e. The maximum absolute atomic E-state index is 5.64. The Morgan fingerprint density at radius 2 is 2.37 bits per heavy atom. The van der Waals surface area contributed by atoms with E-state index in [1.165, 1.54) is 6.42 Å². The SMILES string of the molecule is CCCNCC1(Cc2ncnn2C(C)C)CCOC1. The first kappa shape index (κ1) is 14.5. The van der Waals surface area contributed by atoms with Crippen LogP contribution >= 0.6 is 0 Å². The molecule has 1 atom stereocenters. The molecule has 1 unspecified atom stereocenters. The summed E-state index contributed by atoms with van der Waals surface area (Å²) in [4.78, 5) is 4.44. The van der Waals surface area contributed by atoms with Gasteiger partial charge in [-0.05, 0) is 33.2 Å². The van der Waals surface area contributed by atoms with E-state index in [0.29, 0.717) is 6.04 Å². The first-order valence-corrected chi connectivity index (χ1v) is 7.34. The van der Waals surface area contributed by atoms with Gasteiger partial charge in [0.2, 0.25) is 0 Å². The molecule has 0 aliphatic carbocycles. The van der Waals surface area contributed by atoms with E-state index in [0.717, 1.165) is 45.0 Å². The van der Waals surface area contributed by atoms with Gasteiger partial charge < -0.3 is 10.1 Å². The summed E-state index contributed by atoms with van der Waals surface area (Å²) in [5.41, 5.74) is 0.189. The van der Waals surface area contributed by atoms with Crippen molar-refractivity contribution in [2.75, 3.05) is 26.3 Å². The Morgan fingerprint density at radius 1 is 1.53 bits per heavy atom. The van der Waals surface area contributed by atoms with E-state index in [-0.39, 0.29) is 5.41 Å². The summed E-state index contributed by atoms with van der Waals surface area (Å²) in [6.07, 6.45) is 4.88. The van der Waals surface area contributed by atoms with Gasteiger partial charge in [0.1, 0.15) is 12.2 Å². The molecule has 5 heteroatoms. The molecule has 0 radical (unpaired) electrons. The summed E-state index contributed by atoms with van der Waals surface area (Å²) >= 11 is 0. The standard InChI is InChI=1S/C14H26N4O/c1-4-6-15-9-14(5-7-19-10-14)8-13-16-11-17-18(13)12(2)3/h11-12,15H,4-10H2,1-3H3. The Bertz CT molecular complexity index is 383. The molecule has 1 aliphatic rings. The molecule has 108 valence electrons. The summed E-state index contributed by atoms with van der Waals surface area (Å²) in [5.74, 6) is 1.08. The molecule has 1 aromatic rings. The lowest BCUT2D eigenvalue weighted by Gasteiger charge is -2.27. The van der Waals surface area contributed by atoms with Crippen molar-refractivity contribution in [2.45, 2.75) is 46.1 Å². The normalized spacial score (nSPS) is 23.4. The van der Waals surface area contributed by atoms with Crippen LogP contribution in [-0.2, 0) is 11.2 Å². The van der Waals surface area contributed by atoms with Gasteiger partial charge in [-0.15, -0.1) is 0 Å². The van der Waals surface area contributed by atoms with E-state index in [1.807, 2.05) is 4.68 Å². The molecule has 0 aromatic carbocycles. The third kappa shape index (κ3) is 3.54. The van der Waals surface area contributed by atoms with E-state index in [2.05, 4.69) is 36.2 Å². The van der Waals surface area contributed by atoms with Crippen LogP contribution in [0, 0.1) is 5.41 Å². The van der Waals surface area contributed by atoms with Crippen LogP contribution in [0.4, 0.5) is 0 Å². The first-order chi connectivity index (χ1) is 9.17. The number of aromatic nitrogens is 3. The van der Waals surface area contributed by atoms with Gasteiger partial charge in [-0.2, -0.15) is 5.10 Å². The fourth-order valence-corrected chi connectivity index (χ4v) is 2.69. The van der Waals surface area contributed by atoms with Gasteiger partial charge in [0.15, 0.2) is 0 Å². The van der Waals surface area contributed by atoms with Crippen LogP contribution in [0.3, 0.4) is 0 Å². The molecule has 2 heterocycles. The Kier molecular flexibility index (Phi) is 4.93. The Balaban J connectivity index is 2.05. The highest BCUT2D eigenvalue weighted by molar-refractivity contribution is 4.98.